The molecule has 3 amide bonds. The SMILES string of the molecule is NC(=NC(=O)OCC(Cl)(Cl)Cl)c1cccc(CN(C(=O)Nc2ccc(-c3ccccc3S(N)(=O)=O)cc2)c2ccccc2)c1. The molecule has 5 N–H and O–H groups in total. The lowest BCUT2D eigenvalue weighted by Gasteiger charge is -2.24. The number of hydrogen-bond donors (Lipinski definition) is 3. The van der Waals surface area contributed by atoms with Crippen LogP contribution >= 0.6 is 34.8 Å². The summed E-state index contributed by atoms with van der Waals surface area (Å²) in [7, 11) is -3.93. The third-order valence-corrected chi connectivity index (χ3v) is 7.38. The third-order valence-electron chi connectivity index (χ3n) is 6.09. The van der Waals surface area contributed by atoms with E-state index in [1.165, 1.54) is 11.0 Å². The van der Waals surface area contributed by atoms with Gasteiger partial charge in [-0.3, -0.25) is 4.90 Å². The van der Waals surface area contributed by atoms with Gasteiger partial charge in [-0.2, -0.15) is 4.99 Å². The van der Waals surface area contributed by atoms with Crippen LogP contribution < -0.4 is 21.1 Å². The first-order chi connectivity index (χ1) is 20.8. The maximum absolute atomic E-state index is 13.6. The minimum Gasteiger partial charge on any atom is -0.443 e. The monoisotopic (exact) mass is 673 g/mol. The Morgan fingerprint density at radius 2 is 1.55 bits per heavy atom. The molecule has 4 aromatic carbocycles. The van der Waals surface area contributed by atoms with E-state index >= 15 is 0 Å². The van der Waals surface area contributed by atoms with Crippen LogP contribution in [0.3, 0.4) is 0 Å². The smallest absolute Gasteiger partial charge is 0.435 e. The Balaban J connectivity index is 1.54. The number of benzene rings is 4. The first kappa shape index (κ1) is 32.8. The molecular weight excluding hydrogens is 649 g/mol. The van der Waals surface area contributed by atoms with E-state index in [0.29, 0.717) is 33.6 Å². The molecule has 0 heterocycles. The predicted octanol–water partition coefficient (Wildman–Crippen LogP) is 6.45. The van der Waals surface area contributed by atoms with Gasteiger partial charge in [0.05, 0.1) is 11.4 Å². The number of primary sulfonamides is 1. The van der Waals surface area contributed by atoms with Crippen molar-refractivity contribution >= 4 is 74.2 Å². The molecule has 0 aliphatic heterocycles. The van der Waals surface area contributed by atoms with Gasteiger partial charge in [0.2, 0.25) is 13.8 Å². The van der Waals surface area contributed by atoms with Crippen molar-refractivity contribution < 1.29 is 22.7 Å². The van der Waals surface area contributed by atoms with Gasteiger partial charge < -0.3 is 15.8 Å². The number of amidine groups is 1. The van der Waals surface area contributed by atoms with Crippen LogP contribution in [0.1, 0.15) is 11.1 Å². The molecule has 0 atom stereocenters. The van der Waals surface area contributed by atoms with E-state index in [9.17, 15) is 18.0 Å². The van der Waals surface area contributed by atoms with Crippen molar-refractivity contribution in [3.63, 3.8) is 0 Å². The van der Waals surface area contributed by atoms with Gasteiger partial charge in [-0.15, -0.1) is 0 Å². The number of nitrogens with zero attached hydrogens (tertiary/aromatic N) is 2. The normalized spacial score (nSPS) is 12.0. The summed E-state index contributed by atoms with van der Waals surface area (Å²) in [5.74, 6) is -0.124. The lowest BCUT2D eigenvalue weighted by molar-refractivity contribution is 0.159. The Labute approximate surface area is 269 Å². The molecule has 0 unspecified atom stereocenters. The van der Waals surface area contributed by atoms with Gasteiger partial charge in [-0.1, -0.05) is 102 Å². The van der Waals surface area contributed by atoms with Crippen LogP contribution in [0.2, 0.25) is 0 Å². The number of alkyl halides is 3. The van der Waals surface area contributed by atoms with E-state index in [1.807, 2.05) is 6.07 Å². The molecule has 0 radical (unpaired) electrons. The van der Waals surface area contributed by atoms with Gasteiger partial charge in [0.25, 0.3) is 0 Å². The number of anilines is 2. The summed E-state index contributed by atoms with van der Waals surface area (Å²) in [6.45, 7) is -0.366. The van der Waals surface area contributed by atoms with Crippen LogP contribution in [0.25, 0.3) is 11.1 Å². The molecule has 0 saturated carbocycles. The summed E-state index contributed by atoms with van der Waals surface area (Å²) in [5, 5.41) is 8.25. The zero-order chi connectivity index (χ0) is 31.9. The van der Waals surface area contributed by atoms with Crippen molar-refractivity contribution in [2.45, 2.75) is 15.2 Å². The van der Waals surface area contributed by atoms with Crippen molar-refractivity contribution in [3.05, 3.63) is 114 Å². The highest BCUT2D eigenvalue weighted by Crippen LogP contribution is 2.28. The summed E-state index contributed by atoms with van der Waals surface area (Å²) in [4.78, 5) is 30.8. The van der Waals surface area contributed by atoms with Crippen molar-refractivity contribution in [1.82, 2.24) is 0 Å². The Bertz CT molecular complexity index is 1780. The van der Waals surface area contributed by atoms with Crippen LogP contribution in [0.5, 0.6) is 0 Å². The molecule has 0 bridgehead atoms. The maximum atomic E-state index is 13.6. The number of hydrogen-bond acceptors (Lipinski definition) is 5. The molecule has 0 spiro atoms. The van der Waals surface area contributed by atoms with E-state index < -0.39 is 32.5 Å². The zero-order valence-electron chi connectivity index (χ0n) is 22.9. The lowest BCUT2D eigenvalue weighted by atomic mass is 10.1. The lowest BCUT2D eigenvalue weighted by Crippen LogP contribution is -2.34. The Morgan fingerprint density at radius 3 is 2.20 bits per heavy atom. The maximum Gasteiger partial charge on any atom is 0.435 e. The molecule has 14 heteroatoms. The standard InChI is InChI=1S/C30H26Cl3N5O5S/c31-30(32,33)19-43-29(40)37-27(34)22-8-6-7-20(17-22)18-38(24-9-2-1-3-10-24)28(39)36-23-15-13-21(14-16-23)25-11-4-5-12-26(25)44(35,41)42/h1-17H,18-19H2,(H,36,39)(H2,34,37,40)(H2,35,41,42). The summed E-state index contributed by atoms with van der Waals surface area (Å²) in [5.41, 5.74) is 9.26. The van der Waals surface area contributed by atoms with Crippen LogP contribution in [0, 0.1) is 0 Å². The summed E-state index contributed by atoms with van der Waals surface area (Å²) >= 11 is 16.8. The molecule has 228 valence electrons. The molecule has 4 rings (SSSR count). The molecule has 10 nitrogen and oxygen atoms in total. The van der Waals surface area contributed by atoms with E-state index in [-0.39, 0.29) is 17.3 Å². The van der Waals surface area contributed by atoms with Gasteiger partial charge in [-0.25, -0.2) is 23.1 Å². The summed E-state index contributed by atoms with van der Waals surface area (Å²) < 4.78 is 27.1. The number of urea groups is 1. The molecule has 0 aliphatic carbocycles. The number of amides is 3. The number of nitrogens with one attached hydrogen (secondary N) is 1. The number of carbonyl (C=O) groups excluding carboxylic acids is 2. The molecule has 4 aromatic rings. The van der Waals surface area contributed by atoms with Gasteiger partial charge >= 0.3 is 12.1 Å². The summed E-state index contributed by atoms with van der Waals surface area (Å²) in [6, 6.07) is 28.5. The molecule has 0 aliphatic rings. The number of sulfonamides is 1. The Kier molecular flexibility index (Phi) is 10.5. The van der Waals surface area contributed by atoms with E-state index in [0.717, 1.165) is 0 Å². The molecule has 0 aromatic heterocycles. The van der Waals surface area contributed by atoms with Gasteiger partial charge in [-0.05, 0) is 47.5 Å². The molecular formula is C30H26Cl3N5O5S. The van der Waals surface area contributed by atoms with E-state index in [1.54, 1.807) is 91.0 Å². The molecule has 44 heavy (non-hydrogen) atoms. The van der Waals surface area contributed by atoms with E-state index in [4.69, 9.17) is 50.4 Å². The highest BCUT2D eigenvalue weighted by Gasteiger charge is 2.22. The Morgan fingerprint density at radius 1 is 0.886 bits per heavy atom. The van der Waals surface area contributed by atoms with Crippen molar-refractivity contribution in [2.24, 2.45) is 15.9 Å². The first-order valence-electron chi connectivity index (χ1n) is 12.8. The summed E-state index contributed by atoms with van der Waals surface area (Å²) in [6.07, 6.45) is -1.02. The highest BCUT2D eigenvalue weighted by molar-refractivity contribution is 7.89. The second-order valence-electron chi connectivity index (χ2n) is 9.34. The van der Waals surface area contributed by atoms with Crippen molar-refractivity contribution in [3.8, 4) is 11.1 Å². The van der Waals surface area contributed by atoms with Gasteiger partial charge in [0.15, 0.2) is 0 Å². The number of rotatable bonds is 8. The number of halogens is 3. The van der Waals surface area contributed by atoms with Gasteiger partial charge in [0, 0.05) is 22.5 Å². The molecule has 0 saturated heterocycles. The molecule has 0 fully saturated rings. The fourth-order valence-electron chi connectivity index (χ4n) is 4.12. The van der Waals surface area contributed by atoms with Crippen molar-refractivity contribution in [1.29, 1.82) is 0 Å². The average Bonchev–Trinajstić information content (AvgIpc) is 2.99. The quantitative estimate of drug-likeness (QED) is 0.111. The fraction of sp³-hybridized carbons (Fsp3) is 0.100. The number of aliphatic imine (C=N–C) groups is 1. The number of nitrogens with two attached hydrogens (primary N) is 2. The minimum atomic E-state index is -3.93. The minimum absolute atomic E-state index is 0.000324. The van der Waals surface area contributed by atoms with Crippen LogP contribution in [-0.2, 0) is 21.3 Å². The average molecular weight is 675 g/mol. The number of ether oxygens (including phenoxy) is 1. The number of carbonyl (C=O) groups is 2. The van der Waals surface area contributed by atoms with E-state index in [2.05, 4.69) is 10.3 Å². The van der Waals surface area contributed by atoms with Crippen molar-refractivity contribution in [2.75, 3.05) is 16.8 Å². The van der Waals surface area contributed by atoms with Crippen LogP contribution in [-0.4, -0.2) is 36.8 Å². The van der Waals surface area contributed by atoms with Gasteiger partial charge in [0.1, 0.15) is 12.4 Å². The highest BCUT2D eigenvalue weighted by atomic mass is 35.6. The fourth-order valence-corrected chi connectivity index (χ4v) is 5.04. The van der Waals surface area contributed by atoms with Crippen LogP contribution in [0.15, 0.2) is 113 Å². The Hall–Kier alpha value is -4.13. The zero-order valence-corrected chi connectivity index (χ0v) is 25.9. The second kappa shape index (κ2) is 14.1. The predicted molar refractivity (Wildman–Crippen MR) is 174 cm³/mol. The largest absolute Gasteiger partial charge is 0.443 e. The third kappa shape index (κ3) is 9.18. The number of para-hydroxylation sites is 1. The van der Waals surface area contributed by atoms with Crippen LogP contribution in [0.4, 0.5) is 21.0 Å². The first-order valence-corrected chi connectivity index (χ1v) is 15.5. The second-order valence-corrected chi connectivity index (χ2v) is 13.4. The topological polar surface area (TPSA) is 157 Å².